The molecule has 0 aromatic rings. The minimum atomic E-state index is 0. The smallest absolute Gasteiger partial charge is 0.236 e. The van der Waals surface area contributed by atoms with Crippen molar-refractivity contribution in [2.45, 2.75) is 12.5 Å². The standard InChI is InChI=1S/C8H13N3O2.ClH/c12-7-3-6(4-10-7)11-2-1-9-5-8(11)13;/h6,9H,1-5H2,(H,10,12);1H. The lowest BCUT2D eigenvalue weighted by Crippen LogP contribution is -2.52. The molecule has 2 saturated heterocycles. The molecular formula is C8H14ClN3O2. The normalized spacial score (nSPS) is 27.1. The number of nitrogens with one attached hydrogen (secondary N) is 2. The van der Waals surface area contributed by atoms with Crippen LogP contribution in [-0.2, 0) is 9.59 Å². The molecule has 0 aliphatic carbocycles. The van der Waals surface area contributed by atoms with E-state index in [0.717, 1.165) is 13.1 Å². The molecule has 0 aromatic heterocycles. The summed E-state index contributed by atoms with van der Waals surface area (Å²) in [6.45, 7) is 2.57. The van der Waals surface area contributed by atoms with Crippen LogP contribution in [0.4, 0.5) is 0 Å². The number of hydrogen-bond acceptors (Lipinski definition) is 3. The molecule has 14 heavy (non-hydrogen) atoms. The van der Waals surface area contributed by atoms with E-state index in [1.54, 1.807) is 4.90 Å². The van der Waals surface area contributed by atoms with Crippen molar-refractivity contribution in [3.8, 4) is 0 Å². The zero-order valence-electron chi connectivity index (χ0n) is 7.78. The van der Waals surface area contributed by atoms with Crippen LogP contribution in [0.15, 0.2) is 0 Å². The molecule has 1 unspecified atom stereocenters. The maximum atomic E-state index is 11.4. The van der Waals surface area contributed by atoms with Crippen molar-refractivity contribution in [2.24, 2.45) is 0 Å². The van der Waals surface area contributed by atoms with E-state index in [2.05, 4.69) is 10.6 Å². The number of carbonyl (C=O) groups excluding carboxylic acids is 2. The van der Waals surface area contributed by atoms with Gasteiger partial charge in [0.05, 0.1) is 12.6 Å². The Hall–Kier alpha value is -0.810. The van der Waals surface area contributed by atoms with Crippen molar-refractivity contribution >= 4 is 24.2 Å². The summed E-state index contributed by atoms with van der Waals surface area (Å²) in [4.78, 5) is 24.2. The van der Waals surface area contributed by atoms with Crippen LogP contribution in [0.2, 0.25) is 0 Å². The Kier molecular flexibility index (Phi) is 3.71. The van der Waals surface area contributed by atoms with Gasteiger partial charge in [-0.05, 0) is 0 Å². The summed E-state index contributed by atoms with van der Waals surface area (Å²) in [5.74, 6) is 0.157. The first-order chi connectivity index (χ1) is 6.27. The van der Waals surface area contributed by atoms with E-state index < -0.39 is 0 Å². The van der Waals surface area contributed by atoms with Crippen LogP contribution < -0.4 is 10.6 Å². The van der Waals surface area contributed by atoms with Gasteiger partial charge in [-0.15, -0.1) is 12.4 Å². The molecule has 0 saturated carbocycles. The van der Waals surface area contributed by atoms with E-state index in [4.69, 9.17) is 0 Å². The Morgan fingerprint density at radius 1 is 1.36 bits per heavy atom. The minimum absolute atomic E-state index is 0. The van der Waals surface area contributed by atoms with Crippen molar-refractivity contribution < 1.29 is 9.59 Å². The van der Waals surface area contributed by atoms with Crippen LogP contribution in [0, 0.1) is 0 Å². The largest absolute Gasteiger partial charge is 0.354 e. The monoisotopic (exact) mass is 219 g/mol. The second-order valence-electron chi connectivity index (χ2n) is 3.43. The Morgan fingerprint density at radius 2 is 2.14 bits per heavy atom. The fourth-order valence-electron chi connectivity index (χ4n) is 1.82. The van der Waals surface area contributed by atoms with Crippen molar-refractivity contribution in [2.75, 3.05) is 26.2 Å². The first-order valence-corrected chi connectivity index (χ1v) is 4.54. The maximum absolute atomic E-state index is 11.4. The zero-order chi connectivity index (χ0) is 9.26. The Bertz CT molecular complexity index is 247. The molecule has 2 amide bonds. The third-order valence-electron chi connectivity index (χ3n) is 2.52. The van der Waals surface area contributed by atoms with Gasteiger partial charge in [0.15, 0.2) is 0 Å². The molecule has 80 valence electrons. The van der Waals surface area contributed by atoms with Gasteiger partial charge >= 0.3 is 0 Å². The molecule has 2 heterocycles. The topological polar surface area (TPSA) is 61.4 Å². The number of rotatable bonds is 1. The van der Waals surface area contributed by atoms with Crippen LogP contribution in [0.3, 0.4) is 0 Å². The second kappa shape index (κ2) is 4.61. The molecular weight excluding hydrogens is 206 g/mol. The molecule has 0 spiro atoms. The number of amides is 2. The molecule has 5 nitrogen and oxygen atoms in total. The molecule has 2 N–H and O–H groups in total. The van der Waals surface area contributed by atoms with Gasteiger partial charge < -0.3 is 15.5 Å². The number of hydrogen-bond donors (Lipinski definition) is 2. The second-order valence-corrected chi connectivity index (χ2v) is 3.43. The average Bonchev–Trinajstić information content (AvgIpc) is 2.53. The van der Waals surface area contributed by atoms with Crippen molar-refractivity contribution in [1.29, 1.82) is 0 Å². The molecule has 0 aromatic carbocycles. The molecule has 2 rings (SSSR count). The summed E-state index contributed by atoms with van der Waals surface area (Å²) >= 11 is 0. The Morgan fingerprint density at radius 3 is 2.71 bits per heavy atom. The molecule has 2 aliphatic rings. The van der Waals surface area contributed by atoms with Crippen LogP contribution in [0.5, 0.6) is 0 Å². The van der Waals surface area contributed by atoms with Crippen LogP contribution in [0.25, 0.3) is 0 Å². The van der Waals surface area contributed by atoms with Gasteiger partial charge in [0.1, 0.15) is 0 Å². The minimum Gasteiger partial charge on any atom is -0.354 e. The lowest BCUT2D eigenvalue weighted by atomic mass is 10.2. The van der Waals surface area contributed by atoms with Crippen molar-refractivity contribution in [3.05, 3.63) is 0 Å². The number of nitrogens with zero attached hydrogens (tertiary/aromatic N) is 1. The lowest BCUT2D eigenvalue weighted by Gasteiger charge is -2.31. The van der Waals surface area contributed by atoms with E-state index in [9.17, 15) is 9.59 Å². The number of carbonyl (C=O) groups is 2. The predicted molar refractivity (Wildman–Crippen MR) is 53.2 cm³/mol. The zero-order valence-corrected chi connectivity index (χ0v) is 8.60. The summed E-state index contributed by atoms with van der Waals surface area (Å²) < 4.78 is 0. The predicted octanol–water partition coefficient (Wildman–Crippen LogP) is -1.27. The summed E-state index contributed by atoms with van der Waals surface area (Å²) in [6, 6.07) is 0.0853. The Balaban J connectivity index is 0.000000980. The number of halogens is 1. The first kappa shape index (κ1) is 11.3. The highest BCUT2D eigenvalue weighted by Crippen LogP contribution is 2.10. The van der Waals surface area contributed by atoms with Crippen LogP contribution in [0.1, 0.15) is 6.42 Å². The van der Waals surface area contributed by atoms with Gasteiger partial charge in [-0.1, -0.05) is 0 Å². The summed E-state index contributed by atoms with van der Waals surface area (Å²) in [5.41, 5.74) is 0. The highest BCUT2D eigenvalue weighted by Gasteiger charge is 2.31. The van der Waals surface area contributed by atoms with Gasteiger partial charge in [0.2, 0.25) is 11.8 Å². The molecule has 6 heteroatoms. The molecule has 1 atom stereocenters. The van der Waals surface area contributed by atoms with Gasteiger partial charge in [-0.2, -0.15) is 0 Å². The first-order valence-electron chi connectivity index (χ1n) is 4.54. The van der Waals surface area contributed by atoms with Gasteiger partial charge in [0.25, 0.3) is 0 Å². The van der Waals surface area contributed by atoms with Crippen molar-refractivity contribution in [3.63, 3.8) is 0 Å². The third-order valence-corrected chi connectivity index (χ3v) is 2.52. The SMILES string of the molecule is Cl.O=C1CC(N2CCNCC2=O)CN1. The fraction of sp³-hybridized carbons (Fsp3) is 0.750. The maximum Gasteiger partial charge on any atom is 0.236 e. The summed E-state index contributed by atoms with van der Waals surface area (Å²) in [5, 5.41) is 5.74. The molecule has 0 bridgehead atoms. The van der Waals surface area contributed by atoms with Gasteiger partial charge in [-0.3, -0.25) is 9.59 Å². The van der Waals surface area contributed by atoms with E-state index >= 15 is 0 Å². The lowest BCUT2D eigenvalue weighted by molar-refractivity contribution is -0.134. The summed E-state index contributed by atoms with van der Waals surface area (Å²) in [6.07, 6.45) is 0.464. The van der Waals surface area contributed by atoms with Gasteiger partial charge in [0, 0.05) is 26.1 Å². The van der Waals surface area contributed by atoms with E-state index in [1.807, 2.05) is 0 Å². The highest BCUT2D eigenvalue weighted by molar-refractivity contribution is 5.85. The van der Waals surface area contributed by atoms with E-state index in [1.165, 1.54) is 0 Å². The Labute approximate surface area is 88.6 Å². The van der Waals surface area contributed by atoms with Crippen LogP contribution >= 0.6 is 12.4 Å². The molecule has 0 radical (unpaired) electrons. The quantitative estimate of drug-likeness (QED) is 0.578. The average molecular weight is 220 g/mol. The van der Waals surface area contributed by atoms with E-state index in [-0.39, 0.29) is 30.3 Å². The van der Waals surface area contributed by atoms with E-state index in [0.29, 0.717) is 19.5 Å². The molecule has 2 fully saturated rings. The van der Waals surface area contributed by atoms with Crippen molar-refractivity contribution in [1.82, 2.24) is 15.5 Å². The number of piperazine rings is 1. The molecule has 2 aliphatic heterocycles. The van der Waals surface area contributed by atoms with Gasteiger partial charge in [-0.25, -0.2) is 0 Å². The highest BCUT2D eigenvalue weighted by atomic mass is 35.5. The third kappa shape index (κ3) is 2.16. The summed E-state index contributed by atoms with van der Waals surface area (Å²) in [7, 11) is 0. The fourth-order valence-corrected chi connectivity index (χ4v) is 1.82. The van der Waals surface area contributed by atoms with Crippen LogP contribution in [-0.4, -0.2) is 48.9 Å².